The Morgan fingerprint density at radius 3 is 2.39 bits per heavy atom. The topological polar surface area (TPSA) is 96.9 Å². The van der Waals surface area contributed by atoms with Crippen LogP contribution in [0.3, 0.4) is 0 Å². The summed E-state index contributed by atoms with van der Waals surface area (Å²) in [6.45, 7) is 1.71. The summed E-state index contributed by atoms with van der Waals surface area (Å²) in [6, 6.07) is 19.2. The third-order valence-electron chi connectivity index (χ3n) is 4.34. The fourth-order valence-electron chi connectivity index (χ4n) is 2.69. The van der Waals surface area contributed by atoms with Crippen LogP contribution < -0.4 is 14.9 Å². The molecule has 160 valence electrons. The summed E-state index contributed by atoms with van der Waals surface area (Å²) in [5, 5.41) is 4.57. The molecule has 0 bridgehead atoms. The van der Waals surface area contributed by atoms with Crippen LogP contribution in [0, 0.1) is 0 Å². The van der Waals surface area contributed by atoms with Crippen molar-refractivity contribution in [1.82, 2.24) is 5.43 Å². The maximum Gasteiger partial charge on any atom is 0.271 e. The van der Waals surface area contributed by atoms with E-state index in [1.54, 1.807) is 49.4 Å². The Bertz CT molecular complexity index is 1230. The van der Waals surface area contributed by atoms with Crippen molar-refractivity contribution in [2.75, 3.05) is 11.8 Å². The Labute approximate surface area is 185 Å². The number of rotatable bonds is 7. The highest BCUT2D eigenvalue weighted by Gasteiger charge is 2.17. The molecule has 9 heteroatoms. The molecule has 2 N–H and O–H groups in total. The van der Waals surface area contributed by atoms with E-state index < -0.39 is 15.9 Å². The lowest BCUT2D eigenvalue weighted by Crippen LogP contribution is -2.20. The van der Waals surface area contributed by atoms with Crippen LogP contribution in [0.1, 0.15) is 22.8 Å². The zero-order valence-corrected chi connectivity index (χ0v) is 18.4. The molecule has 0 saturated heterocycles. The minimum Gasteiger partial charge on any atom is -0.497 e. The molecule has 31 heavy (non-hydrogen) atoms. The highest BCUT2D eigenvalue weighted by atomic mass is 35.5. The number of carbonyl (C=O) groups is 1. The highest BCUT2D eigenvalue weighted by molar-refractivity contribution is 7.92. The van der Waals surface area contributed by atoms with Crippen molar-refractivity contribution in [1.29, 1.82) is 0 Å². The Morgan fingerprint density at radius 1 is 1.00 bits per heavy atom. The van der Waals surface area contributed by atoms with E-state index in [0.717, 1.165) is 0 Å². The molecule has 3 aromatic carbocycles. The van der Waals surface area contributed by atoms with Gasteiger partial charge in [-0.1, -0.05) is 35.9 Å². The van der Waals surface area contributed by atoms with Gasteiger partial charge in [0.15, 0.2) is 0 Å². The number of hydrogen-bond donors (Lipinski definition) is 2. The van der Waals surface area contributed by atoms with Crippen molar-refractivity contribution in [3.8, 4) is 5.75 Å². The first kappa shape index (κ1) is 22.3. The number of amides is 1. The summed E-state index contributed by atoms with van der Waals surface area (Å²) in [6.07, 6.45) is 0. The summed E-state index contributed by atoms with van der Waals surface area (Å²) < 4.78 is 32.9. The third-order valence-corrected chi connectivity index (χ3v) is 6.05. The van der Waals surface area contributed by atoms with E-state index in [1.165, 1.54) is 31.4 Å². The van der Waals surface area contributed by atoms with Gasteiger partial charge in [0.2, 0.25) is 0 Å². The molecule has 0 radical (unpaired) electrons. The number of sulfonamides is 1. The number of nitrogens with one attached hydrogen (secondary N) is 2. The van der Waals surface area contributed by atoms with Crippen LogP contribution in [0.15, 0.2) is 82.8 Å². The van der Waals surface area contributed by atoms with E-state index in [4.69, 9.17) is 16.3 Å². The van der Waals surface area contributed by atoms with Crippen LogP contribution in [0.2, 0.25) is 5.02 Å². The number of hydrazone groups is 1. The number of nitrogens with zero attached hydrogens (tertiary/aromatic N) is 1. The summed E-state index contributed by atoms with van der Waals surface area (Å²) in [5.74, 6) is 0.0576. The van der Waals surface area contributed by atoms with Crippen LogP contribution in [0.4, 0.5) is 5.69 Å². The molecule has 0 aliphatic rings. The van der Waals surface area contributed by atoms with Gasteiger partial charge in [-0.05, 0) is 55.5 Å². The second kappa shape index (κ2) is 9.63. The molecule has 0 aliphatic carbocycles. The molecule has 0 aliphatic heterocycles. The SMILES string of the molecule is COc1ccc(NS(=O)(=O)c2cccc(C(=O)N/N=C(\C)c3ccccc3Cl)c2)cc1. The lowest BCUT2D eigenvalue weighted by Gasteiger charge is -2.10. The zero-order chi connectivity index (χ0) is 22.4. The van der Waals surface area contributed by atoms with Crippen LogP contribution in [-0.2, 0) is 10.0 Å². The van der Waals surface area contributed by atoms with Gasteiger partial charge in [-0.15, -0.1) is 0 Å². The van der Waals surface area contributed by atoms with Crippen LogP contribution in [0.25, 0.3) is 0 Å². The lowest BCUT2D eigenvalue weighted by atomic mass is 10.1. The van der Waals surface area contributed by atoms with Crippen molar-refractivity contribution in [3.05, 3.63) is 88.9 Å². The van der Waals surface area contributed by atoms with Gasteiger partial charge in [-0.3, -0.25) is 9.52 Å². The molecular formula is C22H20ClN3O4S. The summed E-state index contributed by atoms with van der Waals surface area (Å²) >= 11 is 6.13. The molecule has 3 rings (SSSR count). The van der Waals surface area contributed by atoms with Gasteiger partial charge in [0, 0.05) is 21.8 Å². The van der Waals surface area contributed by atoms with Crippen molar-refractivity contribution in [2.45, 2.75) is 11.8 Å². The third kappa shape index (κ3) is 5.62. The predicted molar refractivity (Wildman–Crippen MR) is 121 cm³/mol. The van der Waals surface area contributed by atoms with Crippen molar-refractivity contribution >= 4 is 38.9 Å². The van der Waals surface area contributed by atoms with E-state index >= 15 is 0 Å². The molecule has 0 spiro atoms. The molecule has 0 aromatic heterocycles. The van der Waals surface area contributed by atoms with Gasteiger partial charge in [-0.2, -0.15) is 5.10 Å². The maximum absolute atomic E-state index is 12.7. The van der Waals surface area contributed by atoms with Gasteiger partial charge in [-0.25, -0.2) is 13.8 Å². The minimum atomic E-state index is -3.89. The van der Waals surface area contributed by atoms with Crippen LogP contribution >= 0.6 is 11.6 Å². The molecule has 0 heterocycles. The summed E-state index contributed by atoms with van der Waals surface area (Å²) in [5.41, 5.74) is 4.15. The fourth-order valence-corrected chi connectivity index (χ4v) is 4.07. The second-order valence-electron chi connectivity index (χ2n) is 6.48. The van der Waals surface area contributed by atoms with Gasteiger partial charge in [0.25, 0.3) is 15.9 Å². The first-order chi connectivity index (χ1) is 14.8. The van der Waals surface area contributed by atoms with E-state index in [1.807, 2.05) is 6.07 Å². The lowest BCUT2D eigenvalue weighted by molar-refractivity contribution is 0.0954. The number of anilines is 1. The number of ether oxygens (including phenoxy) is 1. The Hall–Kier alpha value is -3.36. The van der Waals surface area contributed by atoms with Gasteiger partial charge >= 0.3 is 0 Å². The molecule has 0 fully saturated rings. The Morgan fingerprint density at radius 2 is 1.71 bits per heavy atom. The average molecular weight is 458 g/mol. The summed E-state index contributed by atoms with van der Waals surface area (Å²) in [4.78, 5) is 12.4. The van der Waals surface area contributed by atoms with Gasteiger partial charge in [0.05, 0.1) is 17.7 Å². The Balaban J connectivity index is 1.76. The smallest absolute Gasteiger partial charge is 0.271 e. The van der Waals surface area contributed by atoms with Crippen molar-refractivity contribution < 1.29 is 17.9 Å². The van der Waals surface area contributed by atoms with Gasteiger partial charge in [0.1, 0.15) is 5.75 Å². The molecule has 0 saturated carbocycles. The highest BCUT2D eigenvalue weighted by Crippen LogP contribution is 2.20. The van der Waals surface area contributed by atoms with Crippen LogP contribution in [0.5, 0.6) is 5.75 Å². The first-order valence-electron chi connectivity index (χ1n) is 9.16. The molecule has 3 aromatic rings. The number of benzene rings is 3. The second-order valence-corrected chi connectivity index (χ2v) is 8.57. The normalized spacial score (nSPS) is 11.6. The van der Waals surface area contributed by atoms with Crippen molar-refractivity contribution in [2.24, 2.45) is 5.10 Å². The van der Waals surface area contributed by atoms with E-state index in [0.29, 0.717) is 27.7 Å². The monoisotopic (exact) mass is 457 g/mol. The average Bonchev–Trinajstić information content (AvgIpc) is 2.78. The maximum atomic E-state index is 12.7. The first-order valence-corrected chi connectivity index (χ1v) is 11.0. The largest absolute Gasteiger partial charge is 0.497 e. The van der Waals surface area contributed by atoms with E-state index in [2.05, 4.69) is 15.2 Å². The predicted octanol–water partition coefficient (Wildman–Crippen LogP) is 4.30. The fraction of sp³-hybridized carbons (Fsp3) is 0.0909. The molecule has 0 atom stereocenters. The summed E-state index contributed by atoms with van der Waals surface area (Å²) in [7, 11) is -2.37. The van der Waals surface area contributed by atoms with Gasteiger partial charge < -0.3 is 4.74 Å². The Kier molecular flexibility index (Phi) is 6.94. The quantitative estimate of drug-likeness (QED) is 0.408. The number of halogens is 1. The van der Waals surface area contributed by atoms with Crippen molar-refractivity contribution in [3.63, 3.8) is 0 Å². The number of hydrogen-bond acceptors (Lipinski definition) is 5. The van der Waals surface area contributed by atoms with E-state index in [-0.39, 0.29) is 10.5 Å². The molecule has 7 nitrogen and oxygen atoms in total. The number of methoxy groups -OCH3 is 1. The van der Waals surface area contributed by atoms with E-state index in [9.17, 15) is 13.2 Å². The molecule has 0 unspecified atom stereocenters. The standard InChI is InChI=1S/C22H20ClN3O4S/c1-15(20-8-3-4-9-21(20)23)24-25-22(27)16-6-5-7-19(14-16)31(28,29)26-17-10-12-18(30-2)13-11-17/h3-14,26H,1-2H3,(H,25,27)/b24-15+. The molecule has 1 amide bonds. The van der Waals surface area contributed by atoms with Crippen LogP contribution in [-0.4, -0.2) is 27.1 Å². The number of carbonyl (C=O) groups excluding carboxylic acids is 1. The minimum absolute atomic E-state index is 0.0530. The molecular weight excluding hydrogens is 438 g/mol. The zero-order valence-electron chi connectivity index (χ0n) is 16.8.